The second-order valence-corrected chi connectivity index (χ2v) is 44.3. The van der Waals surface area contributed by atoms with Crippen molar-refractivity contribution in [2.45, 2.75) is 145 Å². The van der Waals surface area contributed by atoms with Crippen LogP contribution >= 0.6 is 108 Å². The zero-order valence-electron chi connectivity index (χ0n) is 66.1. The number of benzene rings is 6. The number of aryl methyl sites for hydroxylation is 5. The molecule has 6 aromatic rings. The van der Waals surface area contributed by atoms with Crippen molar-refractivity contribution >= 4 is 154 Å². The fourth-order valence-electron chi connectivity index (χ4n) is 8.19. The van der Waals surface area contributed by atoms with Crippen LogP contribution in [-0.2, 0) is 77.8 Å². The molecule has 0 aliphatic carbocycles. The summed E-state index contributed by atoms with van der Waals surface area (Å²) < 4.78 is 127. The van der Waals surface area contributed by atoms with Crippen LogP contribution in [-0.4, -0.2) is 108 Å². The standard InChI is InChI=1S/C15H21FO3.C15H19FO3.C11H13FO2.C10H13FO.C10H11FO.C8H7FO2.C5H8O2.C3H8.C2H4Cl2O.BBr3.BrH.4ClH.Ti/c2*1-4-6-11-10-14(18-3)13(16)9-12(11)7-8-15(17)19-5-2;1-3-4-8-6-11(14-2)10(12)5-9(8)7-13;2*1-3-4-8-5-6-9(11)10(7-8)12-2;1-11-8-4-6(5-10)2-3-7(8)9;1-3-5(6)7-4-2;1-3-2;1-5-2(3)4;2-1(3)4;;;;;;/h9-10H,4-8H2,1-3H3;7-10H,4-6H2,1-3H3;5-7H,3-4H2,1-2H3;5-7H,3-4H2,1-2H3;3-7H,1-2H3;2-5H,1H3;3H,1,4H2,2H3;3H2,1-2H3;2H,1H3;;5*1H;/q;;;;;;;;;;;;;;;+4/p-5/b;8-7+;;;4-3+;;;;;;;;;;;. The molecule has 0 N–H and O–H groups in total. The quantitative estimate of drug-likeness (QED) is 0.00904. The van der Waals surface area contributed by atoms with Crippen molar-refractivity contribution in [1.82, 2.24) is 0 Å². The molecule has 6 rings (SSSR count). The van der Waals surface area contributed by atoms with Crippen LogP contribution in [0.15, 0.2) is 116 Å². The third-order valence-corrected chi connectivity index (χ3v) is 13.2. The van der Waals surface area contributed by atoms with Gasteiger partial charge in [0.15, 0.2) is 69.4 Å². The number of ether oxygens (including phenoxy) is 10. The average Bonchev–Trinajstić information content (AvgIpc) is 0.844. The monoisotopic (exact) mass is 1990 g/mol. The van der Waals surface area contributed by atoms with Gasteiger partial charge in [-0.15, -0.1) is 47.3 Å². The zero-order chi connectivity index (χ0) is 86.0. The molecule has 0 atom stereocenters. The molecule has 0 spiro atoms. The molecule has 0 unspecified atom stereocenters. The van der Waals surface area contributed by atoms with Gasteiger partial charge in [-0.05, 0) is 184 Å². The Morgan fingerprint density at radius 3 is 1.17 bits per heavy atom. The molecular weight excluding hydrogens is 1890 g/mol. The van der Waals surface area contributed by atoms with Gasteiger partial charge in [-0.1, -0.05) is 128 Å². The van der Waals surface area contributed by atoms with Crippen LogP contribution in [0.2, 0.25) is 0 Å². The number of aldehydes is 2. The van der Waals surface area contributed by atoms with Crippen LogP contribution in [0, 0.1) is 34.9 Å². The molecule has 0 saturated heterocycles. The van der Waals surface area contributed by atoms with Crippen LogP contribution in [0.1, 0.15) is 167 Å². The Balaban J connectivity index is -0.000000286. The minimum absolute atomic E-state index is 0. The van der Waals surface area contributed by atoms with Crippen molar-refractivity contribution in [3.8, 4) is 34.5 Å². The number of hydrogen-bond acceptors (Lipinski definition) is 15. The minimum atomic E-state index is -3.11. The number of rotatable bonds is 27. The van der Waals surface area contributed by atoms with E-state index in [0.29, 0.717) is 61.3 Å². The Hall–Kier alpha value is -4.93. The third-order valence-electron chi connectivity index (χ3n) is 12.8. The van der Waals surface area contributed by atoms with Crippen molar-refractivity contribution < 1.29 is 127 Å². The van der Waals surface area contributed by atoms with E-state index in [0.717, 1.165) is 90.8 Å². The van der Waals surface area contributed by atoms with Crippen LogP contribution in [0.25, 0.3) is 12.2 Å². The van der Waals surface area contributed by atoms with E-state index in [1.165, 1.54) is 111 Å². The number of carbonyl (C=O) groups is 5. The number of carbonyl (C=O) groups excluding carboxylic acids is 5. The summed E-state index contributed by atoms with van der Waals surface area (Å²) in [4.78, 5) is 53.5. The summed E-state index contributed by atoms with van der Waals surface area (Å²) in [5, 5.41) is -0.671. The molecule has 0 fully saturated rings. The van der Waals surface area contributed by atoms with Gasteiger partial charge in [-0.2, -0.15) is 0 Å². The maximum atomic E-state index is 13.7. The SMILES string of the molecule is BrB(Br)Br.C/C=C/c1ccc(F)c(OC)c1.C=CC(=O)OCC.CCC.CCCc1cc(OC)c(F)cc1/C=C/C(=O)OCC.CCCc1cc(OC)c(F)cc1C=O.CCCc1cc(OC)c(F)cc1CCC(=O)OCC.CCCc1ccc(F)c(OC)c1.COC(Cl)Cl.COc1cc(C=O)ccc1F.[Br-].[Cl][Ti]([Cl])([Cl])[Cl]. The predicted molar refractivity (Wildman–Crippen MR) is 451 cm³/mol. The van der Waals surface area contributed by atoms with Gasteiger partial charge in [0.1, 0.15) is 12.6 Å². The molecule has 0 amide bonds. The molecule has 33 heteroatoms. The molecule has 0 aliphatic heterocycles. The van der Waals surface area contributed by atoms with E-state index in [9.17, 15) is 50.3 Å². The summed E-state index contributed by atoms with van der Waals surface area (Å²) in [7, 11) is 30.1. The van der Waals surface area contributed by atoms with Gasteiger partial charge in [0.05, 0.1) is 62.5 Å². The predicted octanol–water partition coefficient (Wildman–Crippen LogP) is 22.0. The average molecular weight is 2000 g/mol. The van der Waals surface area contributed by atoms with Crippen LogP contribution in [0.3, 0.4) is 0 Å². The fraction of sp³-hybridized carbons (Fsp3) is 0.405. The van der Waals surface area contributed by atoms with E-state index in [2.05, 4.69) is 95.8 Å². The summed E-state index contributed by atoms with van der Waals surface area (Å²) in [6, 6.07) is 22.7. The van der Waals surface area contributed by atoms with E-state index in [1.807, 2.05) is 32.9 Å². The van der Waals surface area contributed by atoms with Gasteiger partial charge in [0.2, 0.25) is 5.02 Å². The molecule has 0 bridgehead atoms. The second-order valence-electron chi connectivity index (χ2n) is 21.3. The first-order chi connectivity index (χ1) is 52.5. The molecule has 112 heavy (non-hydrogen) atoms. The second kappa shape index (κ2) is 74.9. The molecule has 0 aromatic heterocycles. The van der Waals surface area contributed by atoms with Gasteiger partial charge in [-0.3, -0.25) is 14.4 Å². The first-order valence-corrected chi connectivity index (χ1v) is 46.6. The first kappa shape index (κ1) is 118. The number of alkyl halides is 2. The van der Waals surface area contributed by atoms with Crippen molar-refractivity contribution in [2.24, 2.45) is 0 Å². The van der Waals surface area contributed by atoms with Crippen LogP contribution in [0.5, 0.6) is 34.5 Å². The normalized spacial score (nSPS) is 9.76. The topological polar surface area (TPSA) is 178 Å². The molecule has 0 heterocycles. The van der Waals surface area contributed by atoms with Crippen molar-refractivity contribution in [3.05, 3.63) is 201 Å². The Morgan fingerprint density at radius 2 is 0.804 bits per heavy atom. The number of allylic oxidation sites excluding steroid dienone is 1. The van der Waals surface area contributed by atoms with Crippen molar-refractivity contribution in [1.29, 1.82) is 0 Å². The number of methoxy groups -OCH3 is 7. The summed E-state index contributed by atoms with van der Waals surface area (Å²) in [6.07, 6.45) is 18.4. The van der Waals surface area contributed by atoms with Crippen LogP contribution < -0.4 is 45.4 Å². The third kappa shape index (κ3) is 61.5. The Labute approximate surface area is 723 Å². The van der Waals surface area contributed by atoms with E-state index >= 15 is 0 Å². The summed E-state index contributed by atoms with van der Waals surface area (Å²) in [6.45, 7) is 23.9. The molecule has 0 aliphatic rings. The zero-order valence-corrected chi connectivity index (χ0v) is 78.6. The molecule has 630 valence electrons. The van der Waals surface area contributed by atoms with Gasteiger partial charge >= 0.3 is 70.7 Å². The number of hydrogen-bond donors (Lipinski definition) is 0. The molecule has 6 aromatic carbocycles. The number of esters is 3. The maximum absolute atomic E-state index is 13.7. The molecule has 0 saturated carbocycles. The summed E-state index contributed by atoms with van der Waals surface area (Å²) in [5.74, 6) is -2.06. The van der Waals surface area contributed by atoms with Gasteiger partial charge in [0, 0.05) is 36.8 Å². The van der Waals surface area contributed by atoms with Gasteiger partial charge < -0.3 is 64.4 Å². The van der Waals surface area contributed by atoms with Gasteiger partial charge in [0.25, 0.3) is 0 Å². The van der Waals surface area contributed by atoms with E-state index in [1.54, 1.807) is 69.3 Å². The molecule has 0 radical (unpaired) electrons. The Morgan fingerprint density at radius 1 is 0.464 bits per heavy atom. The van der Waals surface area contributed by atoms with E-state index in [-0.39, 0.29) is 84.7 Å². The summed E-state index contributed by atoms with van der Waals surface area (Å²) >= 11 is 16.2. The number of halogens is 16. The van der Waals surface area contributed by atoms with Crippen molar-refractivity contribution in [2.75, 3.05) is 69.6 Å². The fourth-order valence-corrected chi connectivity index (χ4v) is 8.19. The first-order valence-electron chi connectivity index (χ1n) is 34.4. The summed E-state index contributed by atoms with van der Waals surface area (Å²) in [5.41, 5.74) is 7.22. The molecule has 15 nitrogen and oxygen atoms in total. The van der Waals surface area contributed by atoms with Gasteiger partial charge in [-0.25, -0.2) is 35.9 Å². The molecular formula is C79H104BBr4Cl6F6O15Ti-. The Bertz CT molecular complexity index is 3620. The van der Waals surface area contributed by atoms with Crippen molar-refractivity contribution in [3.63, 3.8) is 0 Å². The van der Waals surface area contributed by atoms with E-state index < -0.39 is 40.8 Å². The van der Waals surface area contributed by atoms with E-state index in [4.69, 9.17) is 93.6 Å². The Kier molecular flexibility index (Phi) is 78.8. The van der Waals surface area contributed by atoms with Crippen LogP contribution in [0.4, 0.5) is 26.3 Å².